The van der Waals surface area contributed by atoms with Crippen LogP contribution in [0.15, 0.2) is 72.8 Å². The van der Waals surface area contributed by atoms with Crippen LogP contribution in [0.25, 0.3) is 0 Å². The molecule has 208 valence electrons. The summed E-state index contributed by atoms with van der Waals surface area (Å²) in [6.45, 7) is -0.536. The molecule has 0 saturated heterocycles. The van der Waals surface area contributed by atoms with Crippen molar-refractivity contribution in [3.05, 3.63) is 88.9 Å². The molecule has 2 amide bonds. The topological polar surface area (TPSA) is 105 Å². The summed E-state index contributed by atoms with van der Waals surface area (Å²) in [5.74, 6) is -0.299. The van der Waals surface area contributed by atoms with E-state index in [0.29, 0.717) is 16.3 Å². The van der Waals surface area contributed by atoms with E-state index in [1.165, 1.54) is 38.3 Å². The number of hydrogen-bond donors (Lipinski definition) is 1. The summed E-state index contributed by atoms with van der Waals surface area (Å²) in [5, 5.41) is 3.11. The predicted octanol–water partition coefficient (Wildman–Crippen LogP) is 3.51. The molecule has 1 atom stereocenters. The highest BCUT2D eigenvalue weighted by Crippen LogP contribution is 2.34. The zero-order chi connectivity index (χ0) is 28.6. The lowest BCUT2D eigenvalue weighted by Gasteiger charge is -2.33. The van der Waals surface area contributed by atoms with Gasteiger partial charge < -0.3 is 19.7 Å². The fourth-order valence-electron chi connectivity index (χ4n) is 4.14. The van der Waals surface area contributed by atoms with Crippen molar-refractivity contribution in [3.63, 3.8) is 0 Å². The second-order valence-electron chi connectivity index (χ2n) is 8.78. The number of likely N-dealkylation sites (N-methyl/N-ethyl adjacent to an activating group) is 1. The van der Waals surface area contributed by atoms with Crippen LogP contribution in [0.2, 0.25) is 5.02 Å². The van der Waals surface area contributed by atoms with E-state index >= 15 is 0 Å². The maximum absolute atomic E-state index is 14.0. The average molecular weight is 574 g/mol. The lowest BCUT2D eigenvalue weighted by molar-refractivity contribution is -0.139. The molecule has 3 rings (SSSR count). The Morgan fingerprint density at radius 3 is 2.23 bits per heavy atom. The van der Waals surface area contributed by atoms with Crippen molar-refractivity contribution in [2.45, 2.75) is 19.0 Å². The molecule has 9 nitrogen and oxygen atoms in total. The number of benzene rings is 3. The number of sulfonamides is 1. The van der Waals surface area contributed by atoms with Crippen molar-refractivity contribution in [2.24, 2.45) is 0 Å². The number of rotatable bonds is 12. The number of nitrogens with one attached hydrogen (secondary N) is 1. The molecule has 0 spiro atoms. The SMILES string of the molecule is CNC(=O)[C@H](Cc1ccccc1)N(Cc1cccc(Cl)c1)C(=O)CN(c1ccc(OC)cc1OC)S(C)(=O)=O. The van der Waals surface area contributed by atoms with E-state index < -0.39 is 28.5 Å². The second kappa shape index (κ2) is 13.3. The summed E-state index contributed by atoms with van der Waals surface area (Å²) in [6, 6.07) is 19.9. The molecule has 1 N–H and O–H groups in total. The van der Waals surface area contributed by atoms with Crippen LogP contribution in [0, 0.1) is 0 Å². The fourth-order valence-corrected chi connectivity index (χ4v) is 5.20. The molecule has 0 saturated carbocycles. The molecule has 0 radical (unpaired) electrons. The van der Waals surface area contributed by atoms with Gasteiger partial charge in [0.05, 0.1) is 26.2 Å². The average Bonchev–Trinajstić information content (AvgIpc) is 2.92. The largest absolute Gasteiger partial charge is 0.497 e. The first-order chi connectivity index (χ1) is 18.6. The van der Waals surface area contributed by atoms with Gasteiger partial charge in [0.2, 0.25) is 21.8 Å². The van der Waals surface area contributed by atoms with Crippen LogP contribution in [0.5, 0.6) is 11.5 Å². The third-order valence-corrected chi connectivity index (χ3v) is 7.46. The van der Waals surface area contributed by atoms with Crippen molar-refractivity contribution in [2.75, 3.05) is 38.4 Å². The minimum Gasteiger partial charge on any atom is -0.497 e. The number of carbonyl (C=O) groups excluding carboxylic acids is 2. The normalized spacial score (nSPS) is 11.8. The van der Waals surface area contributed by atoms with Crippen LogP contribution >= 0.6 is 11.6 Å². The first kappa shape index (κ1) is 29.8. The van der Waals surface area contributed by atoms with Crippen LogP contribution in [0.4, 0.5) is 5.69 Å². The molecule has 0 heterocycles. The number of ether oxygens (including phenoxy) is 2. The zero-order valence-corrected chi connectivity index (χ0v) is 23.8. The molecule has 0 aliphatic carbocycles. The van der Waals surface area contributed by atoms with E-state index in [1.54, 1.807) is 30.3 Å². The Morgan fingerprint density at radius 2 is 1.64 bits per heavy atom. The highest BCUT2D eigenvalue weighted by atomic mass is 35.5. The molecule has 0 aromatic heterocycles. The van der Waals surface area contributed by atoms with Crippen molar-refractivity contribution < 1.29 is 27.5 Å². The van der Waals surface area contributed by atoms with Gasteiger partial charge in [0.1, 0.15) is 24.1 Å². The number of amides is 2. The molecule has 0 fully saturated rings. The maximum atomic E-state index is 14.0. The summed E-state index contributed by atoms with van der Waals surface area (Å²) in [4.78, 5) is 28.5. The van der Waals surface area contributed by atoms with Crippen LogP contribution in [0.1, 0.15) is 11.1 Å². The van der Waals surface area contributed by atoms with Gasteiger partial charge in [-0.3, -0.25) is 13.9 Å². The summed E-state index contributed by atoms with van der Waals surface area (Å²) in [7, 11) is 0.422. The molecule has 11 heteroatoms. The number of hydrogen-bond acceptors (Lipinski definition) is 6. The van der Waals surface area contributed by atoms with Crippen molar-refractivity contribution in [3.8, 4) is 11.5 Å². The van der Waals surface area contributed by atoms with E-state index in [-0.39, 0.29) is 30.3 Å². The maximum Gasteiger partial charge on any atom is 0.244 e. The van der Waals surface area contributed by atoms with Gasteiger partial charge in [-0.2, -0.15) is 0 Å². The van der Waals surface area contributed by atoms with Crippen LogP contribution in [-0.2, 0) is 32.6 Å². The van der Waals surface area contributed by atoms with Crippen LogP contribution in [0.3, 0.4) is 0 Å². The van der Waals surface area contributed by atoms with Gasteiger partial charge in [0.25, 0.3) is 0 Å². The third kappa shape index (κ3) is 7.87. The van der Waals surface area contributed by atoms with E-state index in [2.05, 4.69) is 5.32 Å². The van der Waals surface area contributed by atoms with Gasteiger partial charge in [-0.05, 0) is 35.4 Å². The first-order valence-electron chi connectivity index (χ1n) is 12.1. The molecule has 3 aromatic rings. The van der Waals surface area contributed by atoms with Crippen LogP contribution < -0.4 is 19.1 Å². The van der Waals surface area contributed by atoms with E-state index in [0.717, 1.165) is 16.1 Å². The minimum atomic E-state index is -3.95. The summed E-state index contributed by atoms with van der Waals surface area (Å²) < 4.78 is 37.5. The van der Waals surface area contributed by atoms with Crippen molar-refractivity contribution >= 4 is 39.1 Å². The van der Waals surface area contributed by atoms with Crippen LogP contribution in [-0.4, -0.2) is 65.2 Å². The molecule has 0 unspecified atom stereocenters. The Balaban J connectivity index is 2.06. The summed E-state index contributed by atoms with van der Waals surface area (Å²) >= 11 is 6.19. The highest BCUT2D eigenvalue weighted by Gasteiger charge is 2.33. The van der Waals surface area contributed by atoms with Crippen molar-refractivity contribution in [1.82, 2.24) is 10.2 Å². The Kier molecular flexibility index (Phi) is 10.2. The van der Waals surface area contributed by atoms with E-state index in [1.807, 2.05) is 30.3 Å². The van der Waals surface area contributed by atoms with Gasteiger partial charge >= 0.3 is 0 Å². The smallest absolute Gasteiger partial charge is 0.244 e. The molecule has 3 aromatic carbocycles. The summed E-state index contributed by atoms with van der Waals surface area (Å²) in [5.41, 5.74) is 1.69. The predicted molar refractivity (Wildman–Crippen MR) is 152 cm³/mol. The first-order valence-corrected chi connectivity index (χ1v) is 14.3. The third-order valence-electron chi connectivity index (χ3n) is 6.09. The number of halogens is 1. The Bertz CT molecular complexity index is 1400. The zero-order valence-electron chi connectivity index (χ0n) is 22.3. The Morgan fingerprint density at radius 1 is 0.949 bits per heavy atom. The molecular formula is C28H32ClN3O6S. The number of methoxy groups -OCH3 is 2. The van der Waals surface area contributed by atoms with Gasteiger partial charge in [0.15, 0.2) is 0 Å². The van der Waals surface area contributed by atoms with Gasteiger partial charge in [-0.15, -0.1) is 0 Å². The fraction of sp³-hybridized carbons (Fsp3) is 0.286. The Labute approximate surface area is 234 Å². The Hall–Kier alpha value is -3.76. The monoisotopic (exact) mass is 573 g/mol. The quantitative estimate of drug-likeness (QED) is 0.355. The standard InChI is InChI=1S/C28H32ClN3O6S/c1-30-28(34)25(16-20-9-6-5-7-10-20)31(18-21-11-8-12-22(29)15-21)27(33)19-32(39(4,35)36)24-14-13-23(37-2)17-26(24)38-3/h5-15,17,25H,16,18-19H2,1-4H3,(H,30,34)/t25-/m0/s1. The molecule has 39 heavy (non-hydrogen) atoms. The molecule has 0 bridgehead atoms. The van der Waals surface area contributed by atoms with Gasteiger partial charge in [-0.25, -0.2) is 8.42 Å². The number of anilines is 1. The highest BCUT2D eigenvalue weighted by molar-refractivity contribution is 7.92. The minimum absolute atomic E-state index is 0.0294. The molecule has 0 aliphatic heterocycles. The summed E-state index contributed by atoms with van der Waals surface area (Å²) in [6.07, 6.45) is 1.23. The van der Waals surface area contributed by atoms with E-state index in [9.17, 15) is 18.0 Å². The van der Waals surface area contributed by atoms with Crippen molar-refractivity contribution in [1.29, 1.82) is 0 Å². The number of nitrogens with zero attached hydrogens (tertiary/aromatic N) is 2. The molecular weight excluding hydrogens is 542 g/mol. The number of carbonyl (C=O) groups is 2. The lowest BCUT2D eigenvalue weighted by Crippen LogP contribution is -2.52. The van der Waals surface area contributed by atoms with Gasteiger partial charge in [-0.1, -0.05) is 54.1 Å². The van der Waals surface area contributed by atoms with Gasteiger partial charge in [0, 0.05) is 31.1 Å². The van der Waals surface area contributed by atoms with E-state index in [4.69, 9.17) is 21.1 Å². The second-order valence-corrected chi connectivity index (χ2v) is 11.1. The molecule has 0 aliphatic rings. The lowest BCUT2D eigenvalue weighted by atomic mass is 10.0.